The Morgan fingerprint density at radius 1 is 1.27 bits per heavy atom. The number of rotatable bonds is 0. The van der Waals surface area contributed by atoms with E-state index in [4.69, 9.17) is 0 Å². The third kappa shape index (κ3) is 1.71. The Bertz CT molecular complexity index is 517. The molecule has 2 aromatic rings. The first-order valence-electron chi connectivity index (χ1n) is 3.80. The predicted molar refractivity (Wildman–Crippen MR) is 48.8 cm³/mol. The van der Waals surface area contributed by atoms with Gasteiger partial charge in [-0.25, -0.2) is 9.37 Å². The number of hydrogen-bond donors (Lipinski definition) is 1. The molecule has 0 atom stereocenters. The zero-order valence-electron chi connectivity index (χ0n) is 6.99. The molecule has 1 N–H and O–H groups in total. The SMILES string of the molecule is Fc1ccc2[nH]c(Br)nc2c1C(F)(F)F. The first kappa shape index (κ1) is 10.4. The summed E-state index contributed by atoms with van der Waals surface area (Å²) < 4.78 is 50.6. The molecule has 0 aliphatic rings. The topological polar surface area (TPSA) is 28.7 Å². The van der Waals surface area contributed by atoms with Gasteiger partial charge in [0.25, 0.3) is 0 Å². The number of benzene rings is 1. The van der Waals surface area contributed by atoms with E-state index in [1.165, 1.54) is 6.07 Å². The van der Waals surface area contributed by atoms with Crippen LogP contribution in [0.3, 0.4) is 0 Å². The molecule has 1 aromatic carbocycles. The van der Waals surface area contributed by atoms with Gasteiger partial charge in [0.1, 0.15) is 16.9 Å². The van der Waals surface area contributed by atoms with Crippen LogP contribution in [0.5, 0.6) is 0 Å². The highest BCUT2D eigenvalue weighted by Gasteiger charge is 2.37. The van der Waals surface area contributed by atoms with Crippen LogP contribution in [0.25, 0.3) is 11.0 Å². The maximum atomic E-state index is 13.0. The molecule has 15 heavy (non-hydrogen) atoms. The van der Waals surface area contributed by atoms with Gasteiger partial charge in [0.05, 0.1) is 5.52 Å². The summed E-state index contributed by atoms with van der Waals surface area (Å²) in [6, 6.07) is 1.97. The Balaban J connectivity index is 2.85. The molecule has 0 unspecified atom stereocenters. The summed E-state index contributed by atoms with van der Waals surface area (Å²) >= 11 is 2.89. The van der Waals surface area contributed by atoms with Crippen molar-refractivity contribution in [2.75, 3.05) is 0 Å². The van der Waals surface area contributed by atoms with Gasteiger partial charge in [0.15, 0.2) is 4.73 Å². The van der Waals surface area contributed by atoms with Crippen LogP contribution in [-0.2, 0) is 6.18 Å². The molecule has 0 aliphatic heterocycles. The molecule has 1 aromatic heterocycles. The van der Waals surface area contributed by atoms with Gasteiger partial charge in [-0.15, -0.1) is 0 Å². The van der Waals surface area contributed by atoms with E-state index >= 15 is 0 Å². The maximum absolute atomic E-state index is 13.0. The van der Waals surface area contributed by atoms with Crippen LogP contribution in [0.15, 0.2) is 16.9 Å². The predicted octanol–water partition coefficient (Wildman–Crippen LogP) is 3.48. The van der Waals surface area contributed by atoms with Crippen molar-refractivity contribution < 1.29 is 17.6 Å². The van der Waals surface area contributed by atoms with E-state index in [1.807, 2.05) is 0 Å². The van der Waals surface area contributed by atoms with Crippen molar-refractivity contribution in [2.24, 2.45) is 0 Å². The van der Waals surface area contributed by atoms with Crippen molar-refractivity contribution in [2.45, 2.75) is 6.18 Å². The van der Waals surface area contributed by atoms with Crippen LogP contribution < -0.4 is 0 Å². The molecule has 0 radical (unpaired) electrons. The lowest BCUT2D eigenvalue weighted by Crippen LogP contribution is -2.08. The molecular weight excluding hydrogens is 280 g/mol. The Kier molecular flexibility index (Phi) is 2.22. The van der Waals surface area contributed by atoms with Gasteiger partial charge in [0, 0.05) is 0 Å². The molecule has 80 valence electrons. The summed E-state index contributed by atoms with van der Waals surface area (Å²) in [5.41, 5.74) is -1.63. The lowest BCUT2D eigenvalue weighted by molar-refractivity contribution is -0.138. The number of alkyl halides is 3. The zero-order chi connectivity index (χ0) is 11.2. The Morgan fingerprint density at radius 3 is 2.53 bits per heavy atom. The second-order valence-corrected chi connectivity index (χ2v) is 3.60. The zero-order valence-corrected chi connectivity index (χ0v) is 8.58. The average Bonchev–Trinajstić information content (AvgIpc) is 2.41. The van der Waals surface area contributed by atoms with Gasteiger partial charge in [-0.3, -0.25) is 0 Å². The molecule has 0 amide bonds. The largest absolute Gasteiger partial charge is 0.421 e. The molecule has 7 heteroatoms. The highest BCUT2D eigenvalue weighted by atomic mass is 79.9. The standard InChI is InChI=1S/C8H3BrF4N2/c9-7-14-4-2-1-3(10)5(6(4)15-7)8(11,12)13/h1-2H,(H,14,15). The number of imidazole rings is 1. The van der Waals surface area contributed by atoms with E-state index < -0.39 is 23.1 Å². The first-order valence-corrected chi connectivity index (χ1v) is 4.60. The molecule has 1 heterocycles. The van der Waals surface area contributed by atoms with Crippen molar-refractivity contribution in [1.82, 2.24) is 9.97 Å². The summed E-state index contributed by atoms with van der Waals surface area (Å²) in [4.78, 5) is 6.08. The van der Waals surface area contributed by atoms with E-state index in [-0.39, 0.29) is 10.3 Å². The summed E-state index contributed by atoms with van der Waals surface area (Å²) in [6.07, 6.45) is -4.75. The monoisotopic (exact) mass is 282 g/mol. The third-order valence-corrected chi connectivity index (χ3v) is 2.23. The van der Waals surface area contributed by atoms with E-state index in [0.29, 0.717) is 0 Å². The number of aromatic amines is 1. The second-order valence-electron chi connectivity index (χ2n) is 2.84. The minimum atomic E-state index is -4.75. The Morgan fingerprint density at radius 2 is 1.93 bits per heavy atom. The number of nitrogens with zero attached hydrogens (tertiary/aromatic N) is 1. The first-order chi connectivity index (χ1) is 6.89. The van der Waals surface area contributed by atoms with Gasteiger partial charge in [0.2, 0.25) is 0 Å². The van der Waals surface area contributed by atoms with Crippen LogP contribution in [0.1, 0.15) is 5.56 Å². The number of H-pyrrole nitrogens is 1. The van der Waals surface area contributed by atoms with Crippen molar-refractivity contribution in [1.29, 1.82) is 0 Å². The molecule has 2 rings (SSSR count). The molecule has 0 saturated carbocycles. The molecular formula is C8H3BrF4N2. The van der Waals surface area contributed by atoms with Crippen LogP contribution in [0, 0.1) is 5.82 Å². The van der Waals surface area contributed by atoms with Crippen LogP contribution in [-0.4, -0.2) is 9.97 Å². The molecule has 0 saturated heterocycles. The number of nitrogens with one attached hydrogen (secondary N) is 1. The molecule has 0 bridgehead atoms. The number of halogens is 5. The summed E-state index contributed by atoms with van der Waals surface area (Å²) in [6.45, 7) is 0. The van der Waals surface area contributed by atoms with Crippen molar-refractivity contribution in [3.63, 3.8) is 0 Å². The highest BCUT2D eigenvalue weighted by molar-refractivity contribution is 9.10. The summed E-state index contributed by atoms with van der Waals surface area (Å²) in [5.74, 6) is -1.32. The number of hydrogen-bond acceptors (Lipinski definition) is 1. The normalized spacial score (nSPS) is 12.3. The fourth-order valence-electron chi connectivity index (χ4n) is 1.29. The Hall–Kier alpha value is -1.11. The van der Waals surface area contributed by atoms with Gasteiger partial charge in [-0.05, 0) is 28.1 Å². The van der Waals surface area contributed by atoms with Crippen molar-refractivity contribution in [3.05, 3.63) is 28.2 Å². The fourth-order valence-corrected chi connectivity index (χ4v) is 1.68. The lowest BCUT2D eigenvalue weighted by atomic mass is 10.1. The number of aromatic nitrogens is 2. The maximum Gasteiger partial charge on any atom is 0.421 e. The van der Waals surface area contributed by atoms with E-state index in [0.717, 1.165) is 6.07 Å². The van der Waals surface area contributed by atoms with E-state index in [2.05, 4.69) is 25.9 Å². The van der Waals surface area contributed by atoms with E-state index in [9.17, 15) is 17.6 Å². The van der Waals surface area contributed by atoms with Gasteiger partial charge in [-0.2, -0.15) is 13.2 Å². The lowest BCUT2D eigenvalue weighted by Gasteiger charge is -2.07. The van der Waals surface area contributed by atoms with Crippen LogP contribution in [0.2, 0.25) is 0 Å². The van der Waals surface area contributed by atoms with Gasteiger partial charge < -0.3 is 4.98 Å². The van der Waals surface area contributed by atoms with Crippen LogP contribution >= 0.6 is 15.9 Å². The Labute approximate surface area is 89.4 Å². The smallest absolute Gasteiger partial charge is 0.332 e. The third-order valence-electron chi connectivity index (χ3n) is 1.86. The summed E-state index contributed by atoms with van der Waals surface area (Å²) in [7, 11) is 0. The fraction of sp³-hybridized carbons (Fsp3) is 0.125. The quantitative estimate of drug-likeness (QED) is 0.737. The highest BCUT2D eigenvalue weighted by Crippen LogP contribution is 2.36. The summed E-state index contributed by atoms with van der Waals surface area (Å²) in [5, 5.41) is 0. The molecule has 0 fully saturated rings. The molecule has 0 aliphatic carbocycles. The van der Waals surface area contributed by atoms with E-state index in [1.54, 1.807) is 0 Å². The second kappa shape index (κ2) is 3.19. The molecule has 0 spiro atoms. The van der Waals surface area contributed by atoms with Crippen molar-refractivity contribution >= 4 is 27.0 Å². The van der Waals surface area contributed by atoms with Crippen LogP contribution in [0.4, 0.5) is 17.6 Å². The van der Waals surface area contributed by atoms with Gasteiger partial charge >= 0.3 is 6.18 Å². The minimum Gasteiger partial charge on any atom is -0.332 e. The molecule has 2 nitrogen and oxygen atoms in total. The number of fused-ring (bicyclic) bond motifs is 1. The average molecular weight is 283 g/mol. The van der Waals surface area contributed by atoms with Crippen molar-refractivity contribution in [3.8, 4) is 0 Å². The minimum absolute atomic E-state index is 0.133. The van der Waals surface area contributed by atoms with Gasteiger partial charge in [-0.1, -0.05) is 0 Å².